The van der Waals surface area contributed by atoms with Gasteiger partial charge in [-0.15, -0.1) is 0 Å². The minimum absolute atomic E-state index is 0.0559. The van der Waals surface area contributed by atoms with E-state index in [1.54, 1.807) is 6.20 Å². The van der Waals surface area contributed by atoms with Crippen LogP contribution < -0.4 is 21.3 Å². The molecule has 2 aliphatic heterocycles. The van der Waals surface area contributed by atoms with Gasteiger partial charge in [0.05, 0.1) is 29.8 Å². The molecule has 8 nitrogen and oxygen atoms in total. The van der Waals surface area contributed by atoms with Crippen LogP contribution in [0.5, 0.6) is 0 Å². The molecule has 0 spiro atoms. The first kappa shape index (κ1) is 28.3. The first-order valence-corrected chi connectivity index (χ1v) is 14.9. The maximum atomic E-state index is 13.5. The topological polar surface area (TPSA) is 98.4 Å². The molecule has 0 saturated carbocycles. The fraction of sp³-hybridized carbons (Fsp3) is 0.531. The monoisotopic (exact) mass is 544 g/mol. The molecule has 1 unspecified atom stereocenters. The minimum atomic E-state index is -0.108. The molecule has 1 aromatic heterocycles. The van der Waals surface area contributed by atoms with Gasteiger partial charge in [-0.2, -0.15) is 0 Å². The number of anilines is 2. The van der Waals surface area contributed by atoms with Gasteiger partial charge in [0.15, 0.2) is 0 Å². The lowest BCUT2D eigenvalue weighted by Crippen LogP contribution is -2.35. The van der Waals surface area contributed by atoms with Gasteiger partial charge in [0.2, 0.25) is 5.91 Å². The number of carbonyl (C=O) groups is 2. The van der Waals surface area contributed by atoms with Gasteiger partial charge >= 0.3 is 0 Å². The fourth-order valence-corrected chi connectivity index (χ4v) is 6.42. The van der Waals surface area contributed by atoms with Crippen LogP contribution in [-0.4, -0.2) is 61.0 Å². The highest BCUT2D eigenvalue weighted by Gasteiger charge is 2.29. The van der Waals surface area contributed by atoms with Gasteiger partial charge in [-0.25, -0.2) is 0 Å². The Morgan fingerprint density at radius 1 is 1.15 bits per heavy atom. The Labute approximate surface area is 238 Å². The summed E-state index contributed by atoms with van der Waals surface area (Å²) < 4.78 is 0. The molecule has 2 amide bonds. The van der Waals surface area contributed by atoms with Gasteiger partial charge in [0, 0.05) is 30.4 Å². The summed E-state index contributed by atoms with van der Waals surface area (Å²) in [5.41, 5.74) is 9.42. The number of aryl methyl sites for hydroxylation is 1. The molecule has 4 N–H and O–H groups in total. The van der Waals surface area contributed by atoms with E-state index in [0.717, 1.165) is 63.0 Å². The van der Waals surface area contributed by atoms with Crippen LogP contribution in [0.3, 0.4) is 0 Å². The van der Waals surface area contributed by atoms with E-state index >= 15 is 0 Å². The van der Waals surface area contributed by atoms with Crippen LogP contribution in [-0.2, 0) is 9.59 Å². The zero-order valence-corrected chi connectivity index (χ0v) is 24.5. The fourth-order valence-electron chi connectivity index (χ4n) is 6.42. The molecule has 0 aromatic carbocycles. The molecule has 214 valence electrons. The first-order chi connectivity index (χ1) is 19.3. The molecule has 8 heteroatoms. The van der Waals surface area contributed by atoms with Crippen LogP contribution in [0.25, 0.3) is 0 Å². The predicted octanol–water partition coefficient (Wildman–Crippen LogP) is 4.59. The van der Waals surface area contributed by atoms with Crippen LogP contribution in [0.4, 0.5) is 11.4 Å². The van der Waals surface area contributed by atoms with E-state index in [1.807, 2.05) is 20.0 Å². The second kappa shape index (κ2) is 12.5. The number of rotatable bonds is 8. The summed E-state index contributed by atoms with van der Waals surface area (Å²) in [4.78, 5) is 32.8. The minimum Gasteiger partial charge on any atom is -0.388 e. The van der Waals surface area contributed by atoms with Gasteiger partial charge in [-0.05, 0) is 107 Å². The number of pyridine rings is 1. The molecule has 0 bridgehead atoms. The molecular weight excluding hydrogens is 500 g/mol. The molecule has 2 atom stereocenters. The maximum absolute atomic E-state index is 13.5. The van der Waals surface area contributed by atoms with Gasteiger partial charge in [-0.1, -0.05) is 18.6 Å². The van der Waals surface area contributed by atoms with E-state index in [1.165, 1.54) is 40.8 Å². The molecule has 2 aliphatic carbocycles. The lowest BCUT2D eigenvalue weighted by atomic mass is 9.84. The van der Waals surface area contributed by atoms with E-state index < -0.39 is 0 Å². The van der Waals surface area contributed by atoms with Gasteiger partial charge in [0.1, 0.15) is 0 Å². The van der Waals surface area contributed by atoms with Crippen LogP contribution in [0.15, 0.2) is 58.0 Å². The molecule has 4 aliphatic rings. The summed E-state index contributed by atoms with van der Waals surface area (Å²) in [5.74, 6) is -0.0409. The van der Waals surface area contributed by atoms with E-state index in [9.17, 15) is 9.59 Å². The highest BCUT2D eigenvalue weighted by atomic mass is 16.2. The molecule has 1 aromatic rings. The highest BCUT2D eigenvalue weighted by molar-refractivity contribution is 6.05. The van der Waals surface area contributed by atoms with Crippen molar-refractivity contribution in [1.82, 2.24) is 20.5 Å². The van der Waals surface area contributed by atoms with Gasteiger partial charge in [0.25, 0.3) is 5.91 Å². The zero-order chi connectivity index (χ0) is 28.2. The first-order valence-electron chi connectivity index (χ1n) is 14.9. The number of likely N-dealkylation sites (tertiary alicyclic amines) is 1. The number of hydrogen-bond acceptors (Lipinski definition) is 6. The second-order valence-corrected chi connectivity index (χ2v) is 11.8. The molecule has 2 fully saturated rings. The Hall–Kier alpha value is -3.23. The Kier molecular flexibility index (Phi) is 8.86. The van der Waals surface area contributed by atoms with E-state index in [2.05, 4.69) is 57.2 Å². The summed E-state index contributed by atoms with van der Waals surface area (Å²) in [6.07, 6.45) is 13.7. The number of piperidine rings is 1. The van der Waals surface area contributed by atoms with Crippen LogP contribution in [0.1, 0.15) is 64.5 Å². The summed E-state index contributed by atoms with van der Waals surface area (Å²) in [7, 11) is 2.00. The maximum Gasteiger partial charge on any atom is 0.251 e. The molecule has 40 heavy (non-hydrogen) atoms. The van der Waals surface area contributed by atoms with Crippen LogP contribution in [0.2, 0.25) is 0 Å². The van der Waals surface area contributed by atoms with Crippen molar-refractivity contribution >= 4 is 23.2 Å². The Morgan fingerprint density at radius 2 is 2.00 bits per heavy atom. The Morgan fingerprint density at radius 3 is 2.73 bits per heavy atom. The smallest absolute Gasteiger partial charge is 0.251 e. The van der Waals surface area contributed by atoms with Crippen molar-refractivity contribution in [1.29, 1.82) is 0 Å². The highest BCUT2D eigenvalue weighted by Crippen LogP contribution is 2.41. The summed E-state index contributed by atoms with van der Waals surface area (Å²) >= 11 is 0. The molecular formula is C32H44N6O2. The van der Waals surface area contributed by atoms with Crippen molar-refractivity contribution in [3.63, 3.8) is 0 Å². The number of likely N-dealkylation sites (N-methyl/N-ethyl adjacent to an activating group) is 1. The number of hydrogen-bond donors (Lipinski definition) is 4. The van der Waals surface area contributed by atoms with E-state index in [0.29, 0.717) is 24.0 Å². The van der Waals surface area contributed by atoms with Crippen molar-refractivity contribution in [2.24, 2.45) is 5.92 Å². The Bertz CT molecular complexity index is 1280. The number of nitrogens with one attached hydrogen (secondary N) is 4. The zero-order valence-electron chi connectivity index (χ0n) is 24.5. The second-order valence-electron chi connectivity index (χ2n) is 11.8. The van der Waals surface area contributed by atoms with Crippen molar-refractivity contribution in [3.05, 3.63) is 63.7 Å². The SMILES string of the molecule is CNC/C(C1=CC2=C(C1)CC(C)C(C(=O)Nc1cc(NC(=O)CN3CCC[C@@H]3C)cnc1C)=C2)=C1/CCCCN1. The number of allylic oxidation sites excluding steroid dienone is 5. The number of amides is 2. The van der Waals surface area contributed by atoms with Crippen molar-refractivity contribution < 1.29 is 9.59 Å². The lowest BCUT2D eigenvalue weighted by molar-refractivity contribution is -0.117. The lowest BCUT2D eigenvalue weighted by Gasteiger charge is -2.23. The largest absolute Gasteiger partial charge is 0.388 e. The predicted molar refractivity (Wildman–Crippen MR) is 161 cm³/mol. The van der Waals surface area contributed by atoms with Gasteiger partial charge in [-0.3, -0.25) is 19.5 Å². The van der Waals surface area contributed by atoms with E-state index in [4.69, 9.17) is 0 Å². The number of nitrogens with zero attached hydrogens (tertiary/aromatic N) is 2. The Balaban J connectivity index is 1.29. The van der Waals surface area contributed by atoms with E-state index in [-0.39, 0.29) is 17.7 Å². The summed E-state index contributed by atoms with van der Waals surface area (Å²) in [5, 5.41) is 13.0. The average Bonchev–Trinajstić information content (AvgIpc) is 3.54. The number of aromatic nitrogens is 1. The van der Waals surface area contributed by atoms with Crippen molar-refractivity contribution in [2.75, 3.05) is 43.9 Å². The average molecular weight is 545 g/mol. The third-order valence-electron chi connectivity index (χ3n) is 8.75. The van der Waals surface area contributed by atoms with Crippen LogP contribution in [0, 0.1) is 12.8 Å². The normalized spacial score (nSPS) is 24.2. The van der Waals surface area contributed by atoms with Crippen LogP contribution >= 0.6 is 0 Å². The standard InChI is InChI=1S/C32H44N6O2/c1-20-12-23-13-25(28(18-33-4)29-9-5-6-10-34-29)14-24(23)15-27(20)32(40)37-30-16-26(17-35-22(30)3)36-31(39)19-38-11-7-8-21(38)2/h14-17,20-21,33-34H,5-13,18-19H2,1-4H3,(H,36,39)(H,37,40)/b29-28+/t20?,21-/m0/s1. The van der Waals surface area contributed by atoms with Crippen molar-refractivity contribution in [3.8, 4) is 0 Å². The summed E-state index contributed by atoms with van der Waals surface area (Å²) in [6.45, 7) is 9.37. The van der Waals surface area contributed by atoms with Crippen molar-refractivity contribution in [2.45, 2.75) is 71.8 Å². The van der Waals surface area contributed by atoms with Gasteiger partial charge < -0.3 is 21.3 Å². The molecule has 0 radical (unpaired) electrons. The quantitative estimate of drug-likeness (QED) is 0.382. The molecule has 3 heterocycles. The summed E-state index contributed by atoms with van der Waals surface area (Å²) in [6, 6.07) is 2.24. The number of carbonyl (C=O) groups excluding carboxylic acids is 2. The third kappa shape index (κ3) is 6.39. The third-order valence-corrected chi connectivity index (χ3v) is 8.75. The molecule has 2 saturated heterocycles. The molecule has 5 rings (SSSR count).